The first-order valence-electron chi connectivity index (χ1n) is 5.95. The molecule has 1 fully saturated rings. The van der Waals surface area contributed by atoms with Crippen molar-refractivity contribution in [3.63, 3.8) is 0 Å². The molecule has 1 aromatic carbocycles. The Balaban J connectivity index is 2.04. The Morgan fingerprint density at radius 2 is 2.21 bits per heavy atom. The zero-order chi connectivity index (χ0) is 14.0. The molecule has 1 amide bonds. The normalized spacial score (nSPS) is 21.2. The van der Waals surface area contributed by atoms with E-state index in [0.717, 1.165) is 0 Å². The Morgan fingerprint density at radius 3 is 2.84 bits per heavy atom. The van der Waals surface area contributed by atoms with Gasteiger partial charge in [0.25, 0.3) is 5.91 Å². The predicted octanol–water partition coefficient (Wildman–Crippen LogP) is 1.23. The standard InChI is InChI=1S/C12H15ClN2O3S/c13-11-9(4-1-5-10(11)14)12(16)15-7-8-3-2-6-19(8,17)18/h1,4-5,8H,2-3,6-7,14H2,(H,15,16). The van der Waals surface area contributed by atoms with Crippen LogP contribution >= 0.6 is 11.6 Å². The molecule has 1 aromatic rings. The molecule has 0 aliphatic carbocycles. The summed E-state index contributed by atoms with van der Waals surface area (Å²) >= 11 is 5.94. The number of hydrogen-bond acceptors (Lipinski definition) is 4. The van der Waals surface area contributed by atoms with E-state index < -0.39 is 21.0 Å². The van der Waals surface area contributed by atoms with E-state index in [-0.39, 0.29) is 22.9 Å². The molecule has 0 saturated carbocycles. The van der Waals surface area contributed by atoms with E-state index in [4.69, 9.17) is 17.3 Å². The first-order chi connectivity index (χ1) is 8.92. The van der Waals surface area contributed by atoms with Crippen molar-refractivity contribution in [1.29, 1.82) is 0 Å². The summed E-state index contributed by atoms with van der Waals surface area (Å²) < 4.78 is 23.3. The fraction of sp³-hybridized carbons (Fsp3) is 0.417. The van der Waals surface area contributed by atoms with Crippen molar-refractivity contribution in [2.75, 3.05) is 18.0 Å². The van der Waals surface area contributed by atoms with Crippen molar-refractivity contribution < 1.29 is 13.2 Å². The lowest BCUT2D eigenvalue weighted by Crippen LogP contribution is -2.34. The number of sulfone groups is 1. The molecule has 19 heavy (non-hydrogen) atoms. The summed E-state index contributed by atoms with van der Waals surface area (Å²) in [6, 6.07) is 4.78. The lowest BCUT2D eigenvalue weighted by atomic mass is 10.2. The molecule has 0 radical (unpaired) electrons. The van der Waals surface area contributed by atoms with Crippen molar-refractivity contribution >= 4 is 33.0 Å². The third-order valence-corrected chi connectivity index (χ3v) is 5.92. The molecular formula is C12H15ClN2O3S. The summed E-state index contributed by atoms with van der Waals surface area (Å²) in [5, 5.41) is 2.31. The number of rotatable bonds is 3. The SMILES string of the molecule is Nc1cccc(C(=O)NCC2CCCS2(=O)=O)c1Cl. The number of nitrogen functional groups attached to an aromatic ring is 1. The van der Waals surface area contributed by atoms with Crippen molar-refractivity contribution in [3.05, 3.63) is 28.8 Å². The van der Waals surface area contributed by atoms with Crippen molar-refractivity contribution in [1.82, 2.24) is 5.32 Å². The Bertz CT molecular complexity index is 601. The molecule has 5 nitrogen and oxygen atoms in total. The first kappa shape index (κ1) is 14.1. The van der Waals surface area contributed by atoms with Crippen molar-refractivity contribution in [3.8, 4) is 0 Å². The highest BCUT2D eigenvalue weighted by atomic mass is 35.5. The smallest absolute Gasteiger partial charge is 0.252 e. The average Bonchev–Trinajstić information content (AvgIpc) is 2.69. The number of anilines is 1. The van der Waals surface area contributed by atoms with Gasteiger partial charge in [-0.2, -0.15) is 0 Å². The van der Waals surface area contributed by atoms with Crippen LogP contribution in [0.4, 0.5) is 5.69 Å². The van der Waals surface area contributed by atoms with E-state index in [1.807, 2.05) is 0 Å². The van der Waals surface area contributed by atoms with Gasteiger partial charge in [0.2, 0.25) is 0 Å². The van der Waals surface area contributed by atoms with Crippen LogP contribution in [0.5, 0.6) is 0 Å². The van der Waals surface area contributed by atoms with Gasteiger partial charge in [-0.1, -0.05) is 17.7 Å². The summed E-state index contributed by atoms with van der Waals surface area (Å²) in [4.78, 5) is 11.9. The third kappa shape index (κ3) is 3.01. The number of amides is 1. The maximum Gasteiger partial charge on any atom is 0.252 e. The lowest BCUT2D eigenvalue weighted by Gasteiger charge is -2.12. The summed E-state index contributed by atoms with van der Waals surface area (Å²) in [5.41, 5.74) is 6.20. The average molecular weight is 303 g/mol. The zero-order valence-electron chi connectivity index (χ0n) is 10.2. The Labute approximate surface area is 117 Å². The van der Waals surface area contributed by atoms with Gasteiger partial charge in [-0.05, 0) is 25.0 Å². The predicted molar refractivity (Wildman–Crippen MR) is 75.0 cm³/mol. The van der Waals surface area contributed by atoms with Crippen LogP contribution in [0.2, 0.25) is 5.02 Å². The molecule has 1 atom stereocenters. The van der Waals surface area contributed by atoms with Gasteiger partial charge in [0.05, 0.1) is 27.3 Å². The minimum Gasteiger partial charge on any atom is -0.398 e. The highest BCUT2D eigenvalue weighted by Gasteiger charge is 2.31. The molecule has 1 heterocycles. The monoisotopic (exact) mass is 302 g/mol. The number of halogens is 1. The van der Waals surface area contributed by atoms with Gasteiger partial charge < -0.3 is 11.1 Å². The fourth-order valence-corrected chi connectivity index (χ4v) is 4.09. The summed E-state index contributed by atoms with van der Waals surface area (Å²) in [6.45, 7) is 0.117. The van der Waals surface area contributed by atoms with Crippen LogP contribution in [0.1, 0.15) is 23.2 Å². The van der Waals surface area contributed by atoms with E-state index in [1.165, 1.54) is 0 Å². The summed E-state index contributed by atoms with van der Waals surface area (Å²) in [7, 11) is -3.06. The van der Waals surface area contributed by atoms with Gasteiger partial charge in [0.1, 0.15) is 0 Å². The first-order valence-corrected chi connectivity index (χ1v) is 8.05. The molecular weight excluding hydrogens is 288 g/mol. The van der Waals surface area contributed by atoms with Crippen LogP contribution < -0.4 is 11.1 Å². The number of carbonyl (C=O) groups is 1. The van der Waals surface area contributed by atoms with Gasteiger partial charge in [-0.15, -0.1) is 0 Å². The summed E-state index contributed by atoms with van der Waals surface area (Å²) in [6.07, 6.45) is 1.25. The van der Waals surface area contributed by atoms with E-state index in [0.29, 0.717) is 18.5 Å². The topological polar surface area (TPSA) is 89.3 Å². The van der Waals surface area contributed by atoms with Crippen LogP contribution in [0.3, 0.4) is 0 Å². The number of nitrogens with two attached hydrogens (primary N) is 1. The molecule has 0 aromatic heterocycles. The molecule has 3 N–H and O–H groups in total. The quantitative estimate of drug-likeness (QED) is 0.822. The molecule has 1 aliphatic rings. The third-order valence-electron chi connectivity index (χ3n) is 3.23. The second-order valence-electron chi connectivity index (χ2n) is 4.55. The Hall–Kier alpha value is -1.27. The maximum absolute atomic E-state index is 11.9. The van der Waals surface area contributed by atoms with E-state index in [2.05, 4.69) is 5.32 Å². The van der Waals surface area contributed by atoms with Crippen LogP contribution in [0.25, 0.3) is 0 Å². The minimum absolute atomic E-state index is 0.117. The molecule has 1 saturated heterocycles. The summed E-state index contributed by atoms with van der Waals surface area (Å²) in [5.74, 6) is -0.202. The van der Waals surface area contributed by atoms with Gasteiger partial charge in [-0.3, -0.25) is 4.79 Å². The molecule has 2 rings (SSSR count). The number of hydrogen-bond donors (Lipinski definition) is 2. The molecule has 0 bridgehead atoms. The van der Waals surface area contributed by atoms with E-state index in [1.54, 1.807) is 18.2 Å². The van der Waals surface area contributed by atoms with Gasteiger partial charge >= 0.3 is 0 Å². The highest BCUT2D eigenvalue weighted by Crippen LogP contribution is 2.23. The Kier molecular flexibility index (Phi) is 4.01. The largest absolute Gasteiger partial charge is 0.398 e. The minimum atomic E-state index is -3.06. The van der Waals surface area contributed by atoms with Gasteiger partial charge in [-0.25, -0.2) is 8.42 Å². The molecule has 1 aliphatic heterocycles. The van der Waals surface area contributed by atoms with Crippen LogP contribution in [0, 0.1) is 0 Å². The van der Waals surface area contributed by atoms with E-state index in [9.17, 15) is 13.2 Å². The van der Waals surface area contributed by atoms with Crippen molar-refractivity contribution in [2.45, 2.75) is 18.1 Å². The highest BCUT2D eigenvalue weighted by molar-refractivity contribution is 7.92. The van der Waals surface area contributed by atoms with Gasteiger partial charge in [0.15, 0.2) is 9.84 Å². The van der Waals surface area contributed by atoms with Crippen LogP contribution in [0.15, 0.2) is 18.2 Å². The zero-order valence-corrected chi connectivity index (χ0v) is 11.8. The van der Waals surface area contributed by atoms with Gasteiger partial charge in [0, 0.05) is 6.54 Å². The second kappa shape index (κ2) is 5.38. The number of nitrogens with one attached hydrogen (secondary N) is 1. The lowest BCUT2D eigenvalue weighted by molar-refractivity contribution is 0.0954. The van der Waals surface area contributed by atoms with Crippen LogP contribution in [-0.4, -0.2) is 31.9 Å². The number of benzene rings is 1. The van der Waals surface area contributed by atoms with E-state index >= 15 is 0 Å². The van der Waals surface area contributed by atoms with Crippen molar-refractivity contribution in [2.24, 2.45) is 0 Å². The molecule has 1 unspecified atom stereocenters. The molecule has 7 heteroatoms. The fourth-order valence-electron chi connectivity index (χ4n) is 2.11. The second-order valence-corrected chi connectivity index (χ2v) is 7.33. The molecule has 0 spiro atoms. The Morgan fingerprint density at radius 1 is 1.47 bits per heavy atom. The number of carbonyl (C=O) groups excluding carboxylic acids is 1. The molecule has 104 valence electrons. The van der Waals surface area contributed by atoms with Crippen LogP contribution in [-0.2, 0) is 9.84 Å². The maximum atomic E-state index is 11.9.